The monoisotopic (exact) mass is 513 g/mol. The van der Waals surface area contributed by atoms with Crippen LogP contribution in [0.3, 0.4) is 0 Å². The van der Waals surface area contributed by atoms with Crippen LogP contribution in [0.2, 0.25) is 5.02 Å². The van der Waals surface area contributed by atoms with Gasteiger partial charge < -0.3 is 34.3 Å². The van der Waals surface area contributed by atoms with Gasteiger partial charge in [0.15, 0.2) is 17.7 Å². The Balaban J connectivity index is 1.27. The molecule has 0 radical (unpaired) electrons. The molecule has 3 aromatic rings. The van der Waals surface area contributed by atoms with Crippen molar-refractivity contribution in [1.82, 2.24) is 19.5 Å². The van der Waals surface area contributed by atoms with E-state index in [0.717, 1.165) is 5.56 Å². The van der Waals surface area contributed by atoms with Crippen LogP contribution in [0.15, 0.2) is 36.9 Å². The van der Waals surface area contributed by atoms with Crippen molar-refractivity contribution < 1.29 is 28.5 Å². The molecule has 176 valence electrons. The molecule has 0 saturated carbocycles. The van der Waals surface area contributed by atoms with E-state index >= 15 is 0 Å². The molecular formula is C19H21ClN5O6PS. The number of halogens is 1. The van der Waals surface area contributed by atoms with E-state index in [1.54, 1.807) is 6.07 Å². The van der Waals surface area contributed by atoms with Gasteiger partial charge in [0.1, 0.15) is 30.2 Å². The number of imidazole rings is 1. The molecule has 2 aromatic heterocycles. The Morgan fingerprint density at radius 2 is 2.12 bits per heavy atom. The lowest BCUT2D eigenvalue weighted by Crippen LogP contribution is -2.34. The lowest BCUT2D eigenvalue weighted by atomic mass is 10.1. The molecule has 6 atom stereocenters. The molecular weight excluding hydrogens is 493 g/mol. The summed E-state index contributed by atoms with van der Waals surface area (Å²) in [5, 5.41) is 21.8. The maximum absolute atomic E-state index is 10.6. The lowest BCUT2D eigenvalue weighted by Gasteiger charge is -2.32. The second-order valence-corrected chi connectivity index (χ2v) is 11.0. The molecule has 1 aromatic carbocycles. The first-order chi connectivity index (χ1) is 15.8. The zero-order chi connectivity index (χ0) is 23.2. The van der Waals surface area contributed by atoms with Gasteiger partial charge in [-0.25, -0.2) is 15.0 Å². The molecule has 2 saturated heterocycles. The number of aromatic nitrogens is 4. The van der Waals surface area contributed by atoms with Crippen LogP contribution in [-0.2, 0) is 30.1 Å². The van der Waals surface area contributed by atoms with Crippen molar-refractivity contribution in [2.75, 3.05) is 18.9 Å². The van der Waals surface area contributed by atoms with E-state index in [1.807, 2.05) is 18.2 Å². The van der Waals surface area contributed by atoms with Gasteiger partial charge in [0.25, 0.3) is 0 Å². The van der Waals surface area contributed by atoms with Gasteiger partial charge in [-0.2, -0.15) is 0 Å². The molecule has 11 nitrogen and oxygen atoms in total. The van der Waals surface area contributed by atoms with Crippen LogP contribution in [0.5, 0.6) is 0 Å². The maximum atomic E-state index is 10.6. The highest BCUT2D eigenvalue weighted by Gasteiger charge is 2.45. The molecule has 5 rings (SSSR count). The highest BCUT2D eigenvalue weighted by Crippen LogP contribution is 2.57. The minimum absolute atomic E-state index is 0.141. The molecule has 33 heavy (non-hydrogen) atoms. The summed E-state index contributed by atoms with van der Waals surface area (Å²) >= 11 is 11.6. The van der Waals surface area contributed by atoms with Gasteiger partial charge in [0.05, 0.1) is 25.6 Å². The lowest BCUT2D eigenvalue weighted by molar-refractivity contribution is -0.0533. The Labute approximate surface area is 198 Å². The van der Waals surface area contributed by atoms with Crippen LogP contribution in [0.4, 0.5) is 5.82 Å². The van der Waals surface area contributed by atoms with Crippen LogP contribution < -0.4 is 5.73 Å². The van der Waals surface area contributed by atoms with Gasteiger partial charge in [-0.1, -0.05) is 23.7 Å². The molecule has 1 unspecified atom stereocenters. The summed E-state index contributed by atoms with van der Waals surface area (Å²) in [5.41, 5.74) is 7.44. The molecule has 0 aliphatic carbocycles. The van der Waals surface area contributed by atoms with E-state index in [1.165, 1.54) is 17.2 Å². The normalized spacial score (nSPS) is 32.4. The van der Waals surface area contributed by atoms with Gasteiger partial charge in [-0.3, -0.25) is 4.57 Å². The van der Waals surface area contributed by atoms with Gasteiger partial charge in [0.2, 0.25) is 0 Å². The van der Waals surface area contributed by atoms with Gasteiger partial charge in [-0.05, 0) is 29.5 Å². The summed E-state index contributed by atoms with van der Waals surface area (Å²) in [6, 6.07) is 7.33. The van der Waals surface area contributed by atoms with E-state index < -0.39 is 31.3 Å². The highest BCUT2D eigenvalue weighted by atomic mass is 35.5. The number of ether oxygens (including phenoxy) is 1. The third kappa shape index (κ3) is 4.51. The Kier molecular flexibility index (Phi) is 6.38. The highest BCUT2D eigenvalue weighted by molar-refractivity contribution is 8.07. The number of fused-ring (bicyclic) bond motifs is 1. The third-order valence-corrected chi connectivity index (χ3v) is 8.10. The number of hydrogen-bond donors (Lipinski definition) is 3. The SMILES string of the molecule is Nc1ncnc2c1ncn2[C@@H]1O[C@H](COP2(=S)OCC[C@@H](c3cccc(Cl)c3)O2)[C@@H](O)[C@H]1O. The van der Waals surface area contributed by atoms with Crippen LogP contribution in [0.25, 0.3) is 11.2 Å². The van der Waals surface area contributed by atoms with Crippen LogP contribution in [-0.4, -0.2) is 61.3 Å². The number of anilines is 1. The van der Waals surface area contributed by atoms with E-state index in [2.05, 4.69) is 15.0 Å². The van der Waals surface area contributed by atoms with Crippen molar-refractivity contribution in [2.24, 2.45) is 0 Å². The number of aliphatic hydroxyl groups excluding tert-OH is 2. The number of nitrogens with zero attached hydrogens (tertiary/aromatic N) is 4. The quantitative estimate of drug-likeness (QED) is 0.431. The predicted octanol–water partition coefficient (Wildman–Crippen LogP) is 2.10. The van der Waals surface area contributed by atoms with Gasteiger partial charge >= 0.3 is 6.72 Å². The first-order valence-corrected chi connectivity index (χ1v) is 13.1. The molecule has 4 N–H and O–H groups in total. The van der Waals surface area contributed by atoms with Crippen molar-refractivity contribution in [1.29, 1.82) is 0 Å². The average Bonchev–Trinajstić information content (AvgIpc) is 3.35. The topological polar surface area (TPSA) is 147 Å². The van der Waals surface area contributed by atoms with Crippen LogP contribution in [0.1, 0.15) is 24.3 Å². The van der Waals surface area contributed by atoms with Crippen LogP contribution in [0, 0.1) is 0 Å². The third-order valence-electron chi connectivity index (χ3n) is 5.50. The van der Waals surface area contributed by atoms with Gasteiger partial charge in [-0.15, -0.1) is 0 Å². The van der Waals surface area contributed by atoms with Crippen molar-refractivity contribution in [3.8, 4) is 0 Å². The molecule has 0 bridgehead atoms. The van der Waals surface area contributed by atoms with E-state index in [0.29, 0.717) is 29.2 Å². The number of nitrogen functional groups attached to an aromatic ring is 1. The Bertz CT molecular complexity index is 1220. The van der Waals surface area contributed by atoms with E-state index in [4.69, 9.17) is 47.4 Å². The summed E-state index contributed by atoms with van der Waals surface area (Å²) in [5.74, 6) is 0.199. The fourth-order valence-electron chi connectivity index (χ4n) is 3.83. The number of benzene rings is 1. The number of rotatable bonds is 5. The zero-order valence-corrected chi connectivity index (χ0v) is 19.6. The van der Waals surface area contributed by atoms with Crippen molar-refractivity contribution in [3.63, 3.8) is 0 Å². The Morgan fingerprint density at radius 1 is 1.27 bits per heavy atom. The largest absolute Gasteiger partial charge is 0.387 e. The molecule has 14 heteroatoms. The van der Waals surface area contributed by atoms with Crippen molar-refractivity contribution >= 4 is 47.1 Å². The first kappa shape index (κ1) is 23.0. The summed E-state index contributed by atoms with van der Waals surface area (Å²) in [4.78, 5) is 12.2. The Hall–Kier alpha value is -1.73. The fourth-order valence-corrected chi connectivity index (χ4v) is 6.14. The molecule has 4 heterocycles. The second kappa shape index (κ2) is 9.14. The number of aliphatic hydroxyl groups is 2. The second-order valence-electron chi connectivity index (χ2n) is 7.64. The minimum Gasteiger partial charge on any atom is -0.387 e. The average molecular weight is 514 g/mol. The van der Waals surface area contributed by atoms with E-state index in [9.17, 15) is 10.2 Å². The molecule has 0 amide bonds. The van der Waals surface area contributed by atoms with Crippen molar-refractivity contribution in [2.45, 2.75) is 37.1 Å². The minimum atomic E-state index is -3.11. The number of hydrogen-bond acceptors (Lipinski definition) is 11. The van der Waals surface area contributed by atoms with E-state index in [-0.39, 0.29) is 18.5 Å². The molecule has 0 spiro atoms. The summed E-state index contributed by atoms with van der Waals surface area (Å²) < 4.78 is 24.8. The molecule has 2 aliphatic rings. The summed E-state index contributed by atoms with van der Waals surface area (Å²) in [6.07, 6.45) is -1.37. The zero-order valence-electron chi connectivity index (χ0n) is 17.1. The smallest absolute Gasteiger partial charge is 0.327 e. The standard InChI is InChI=1S/C19H21ClN5O6PS/c20-11-3-1-2-10(6-11)12-4-5-28-32(33,31-12)29-7-13-15(26)16(27)19(30-13)25-9-24-14-17(21)22-8-23-18(14)25/h1-3,6,8-9,12-13,15-16,19,26-27H,4-5,7H2,(H2,21,22,23)/t12-,13+,15+,16+,19+,32?/m0/s1. The van der Waals surface area contributed by atoms with Crippen molar-refractivity contribution in [3.05, 3.63) is 47.5 Å². The summed E-state index contributed by atoms with van der Waals surface area (Å²) in [6.45, 7) is -2.90. The predicted molar refractivity (Wildman–Crippen MR) is 122 cm³/mol. The maximum Gasteiger partial charge on any atom is 0.327 e. The fraction of sp³-hybridized carbons (Fsp3) is 0.421. The molecule has 2 aliphatic heterocycles. The van der Waals surface area contributed by atoms with Crippen LogP contribution >= 0.6 is 18.3 Å². The first-order valence-electron chi connectivity index (χ1n) is 10.1. The number of nitrogens with two attached hydrogens (primary N) is 1. The Morgan fingerprint density at radius 3 is 2.94 bits per heavy atom. The molecule has 2 fully saturated rings. The summed E-state index contributed by atoms with van der Waals surface area (Å²) in [7, 11) is 0. The van der Waals surface area contributed by atoms with Gasteiger partial charge in [0, 0.05) is 11.4 Å².